The number of β-amino-alcohol motifs (C(OH)–C–C–N with tert-alkyl or cyclic N) is 1. The number of aliphatic hydroxyl groups is 1. The van der Waals surface area contributed by atoms with E-state index in [9.17, 15) is 14.7 Å². The topological polar surface area (TPSA) is 78.9 Å². The van der Waals surface area contributed by atoms with Crippen LogP contribution < -0.4 is 5.32 Å². The molecule has 1 aromatic carbocycles. The normalized spacial score (nSPS) is 18.4. The Morgan fingerprint density at radius 3 is 2.65 bits per heavy atom. The molecular formula is C17H24N2O4. The molecule has 0 spiro atoms. The van der Waals surface area contributed by atoms with Crippen molar-refractivity contribution in [1.82, 2.24) is 4.90 Å². The average molecular weight is 320 g/mol. The van der Waals surface area contributed by atoms with Crippen LogP contribution in [0.15, 0.2) is 24.3 Å². The van der Waals surface area contributed by atoms with Gasteiger partial charge >= 0.3 is 6.09 Å². The summed E-state index contributed by atoms with van der Waals surface area (Å²) < 4.78 is 5.22. The first kappa shape index (κ1) is 17.3. The molecule has 6 heteroatoms. The van der Waals surface area contributed by atoms with Crippen molar-refractivity contribution >= 4 is 17.7 Å². The van der Waals surface area contributed by atoms with E-state index in [1.807, 2.05) is 0 Å². The summed E-state index contributed by atoms with van der Waals surface area (Å²) in [4.78, 5) is 26.2. The fourth-order valence-electron chi connectivity index (χ4n) is 2.50. The first-order valence-corrected chi connectivity index (χ1v) is 7.82. The fourth-order valence-corrected chi connectivity index (χ4v) is 2.50. The standard InChI is InChI=1S/C17H24N2O4/c1-17(2,3)23-16(22)18-14-9-5-4-8-13(14)15(21)19-10-6-7-12(20)11-19/h4-5,8-9,12,20H,6-7,10-11H2,1-3H3,(H,18,22). The van der Waals surface area contributed by atoms with Gasteiger partial charge in [-0.2, -0.15) is 0 Å². The van der Waals surface area contributed by atoms with Crippen LogP contribution in [0.3, 0.4) is 0 Å². The Labute approximate surface area is 136 Å². The van der Waals surface area contributed by atoms with Crippen molar-refractivity contribution in [3.63, 3.8) is 0 Å². The maximum atomic E-state index is 12.7. The third-order valence-electron chi connectivity index (χ3n) is 3.48. The molecule has 2 amide bonds. The summed E-state index contributed by atoms with van der Waals surface area (Å²) in [5.74, 6) is -0.199. The second kappa shape index (κ2) is 7.00. The van der Waals surface area contributed by atoms with Crippen LogP contribution in [0.5, 0.6) is 0 Å². The van der Waals surface area contributed by atoms with Crippen molar-refractivity contribution in [2.24, 2.45) is 0 Å². The van der Waals surface area contributed by atoms with Gasteiger partial charge in [-0.3, -0.25) is 10.1 Å². The first-order valence-electron chi connectivity index (χ1n) is 7.82. The van der Waals surface area contributed by atoms with Crippen molar-refractivity contribution < 1.29 is 19.4 Å². The van der Waals surface area contributed by atoms with Crippen molar-refractivity contribution in [2.45, 2.75) is 45.3 Å². The molecule has 0 radical (unpaired) electrons. The highest BCUT2D eigenvalue weighted by Crippen LogP contribution is 2.21. The molecule has 0 saturated carbocycles. The van der Waals surface area contributed by atoms with E-state index in [1.54, 1.807) is 49.9 Å². The lowest BCUT2D eigenvalue weighted by Crippen LogP contribution is -2.42. The summed E-state index contributed by atoms with van der Waals surface area (Å²) in [6.07, 6.45) is 0.394. The number of amides is 2. The van der Waals surface area contributed by atoms with Crippen LogP contribution in [0.25, 0.3) is 0 Å². The summed E-state index contributed by atoms with van der Waals surface area (Å²) in [5, 5.41) is 12.4. The summed E-state index contributed by atoms with van der Waals surface area (Å²) in [5.41, 5.74) is 0.194. The number of piperidine rings is 1. The van der Waals surface area contributed by atoms with Gasteiger partial charge in [-0.25, -0.2) is 4.79 Å². The van der Waals surface area contributed by atoms with E-state index in [0.29, 0.717) is 30.8 Å². The minimum Gasteiger partial charge on any atom is -0.444 e. The molecule has 1 aromatic rings. The zero-order chi connectivity index (χ0) is 17.0. The minimum atomic E-state index is -0.611. The third kappa shape index (κ3) is 4.96. The lowest BCUT2D eigenvalue weighted by Gasteiger charge is -2.30. The summed E-state index contributed by atoms with van der Waals surface area (Å²) in [7, 11) is 0. The number of anilines is 1. The number of carbonyl (C=O) groups is 2. The molecule has 0 aromatic heterocycles. The van der Waals surface area contributed by atoms with Crippen LogP contribution in [0, 0.1) is 0 Å². The first-order chi connectivity index (χ1) is 10.8. The van der Waals surface area contributed by atoms with Gasteiger partial charge in [0.05, 0.1) is 17.4 Å². The fraction of sp³-hybridized carbons (Fsp3) is 0.529. The highest BCUT2D eigenvalue weighted by atomic mass is 16.6. The van der Waals surface area contributed by atoms with Gasteiger partial charge in [-0.15, -0.1) is 0 Å². The number of nitrogens with zero attached hydrogens (tertiary/aromatic N) is 1. The van der Waals surface area contributed by atoms with Gasteiger partial charge in [0.15, 0.2) is 0 Å². The van der Waals surface area contributed by atoms with Gasteiger partial charge in [0.1, 0.15) is 5.60 Å². The summed E-state index contributed by atoms with van der Waals surface area (Å²) in [6, 6.07) is 6.82. The highest BCUT2D eigenvalue weighted by molar-refractivity contribution is 6.02. The molecule has 1 aliphatic heterocycles. The SMILES string of the molecule is CC(C)(C)OC(=O)Nc1ccccc1C(=O)N1CCCC(O)C1. The van der Waals surface area contributed by atoms with E-state index in [4.69, 9.17) is 4.74 Å². The number of benzene rings is 1. The van der Waals surface area contributed by atoms with Gasteiger partial charge < -0.3 is 14.7 Å². The Morgan fingerprint density at radius 2 is 2.00 bits per heavy atom. The number of ether oxygens (including phenoxy) is 1. The maximum absolute atomic E-state index is 12.7. The maximum Gasteiger partial charge on any atom is 0.412 e. The molecule has 6 nitrogen and oxygen atoms in total. The number of hydrogen-bond donors (Lipinski definition) is 2. The van der Waals surface area contributed by atoms with Crippen LogP contribution in [0.2, 0.25) is 0 Å². The van der Waals surface area contributed by atoms with Gasteiger partial charge in [0, 0.05) is 13.1 Å². The molecule has 23 heavy (non-hydrogen) atoms. The van der Waals surface area contributed by atoms with Gasteiger partial charge in [0.25, 0.3) is 5.91 Å². The monoisotopic (exact) mass is 320 g/mol. The van der Waals surface area contributed by atoms with Gasteiger partial charge in [-0.05, 0) is 45.7 Å². The van der Waals surface area contributed by atoms with Crippen molar-refractivity contribution in [3.05, 3.63) is 29.8 Å². The Bertz CT molecular complexity index is 580. The molecule has 1 heterocycles. The van der Waals surface area contributed by atoms with E-state index in [1.165, 1.54) is 0 Å². The van der Waals surface area contributed by atoms with Gasteiger partial charge in [0.2, 0.25) is 0 Å². The minimum absolute atomic E-state index is 0.199. The Morgan fingerprint density at radius 1 is 1.30 bits per heavy atom. The second-order valence-corrected chi connectivity index (χ2v) is 6.72. The van der Waals surface area contributed by atoms with Crippen molar-refractivity contribution in [3.8, 4) is 0 Å². The molecule has 2 rings (SSSR count). The average Bonchev–Trinajstić information content (AvgIpc) is 2.45. The highest BCUT2D eigenvalue weighted by Gasteiger charge is 2.25. The molecule has 2 N–H and O–H groups in total. The lowest BCUT2D eigenvalue weighted by molar-refractivity contribution is 0.0474. The van der Waals surface area contributed by atoms with E-state index >= 15 is 0 Å². The van der Waals surface area contributed by atoms with E-state index in [0.717, 1.165) is 6.42 Å². The number of likely N-dealkylation sites (tertiary alicyclic amines) is 1. The Kier molecular flexibility index (Phi) is 5.26. The number of carbonyl (C=O) groups excluding carboxylic acids is 2. The van der Waals surface area contributed by atoms with Crippen LogP contribution in [0.4, 0.5) is 10.5 Å². The van der Waals surface area contributed by atoms with Crippen LogP contribution >= 0.6 is 0 Å². The van der Waals surface area contributed by atoms with Crippen molar-refractivity contribution in [2.75, 3.05) is 18.4 Å². The molecule has 126 valence electrons. The molecule has 1 fully saturated rings. The molecule has 0 bridgehead atoms. The number of hydrogen-bond acceptors (Lipinski definition) is 4. The summed E-state index contributed by atoms with van der Waals surface area (Å²) >= 11 is 0. The smallest absolute Gasteiger partial charge is 0.412 e. The number of para-hydroxylation sites is 1. The molecule has 0 aliphatic carbocycles. The third-order valence-corrected chi connectivity index (χ3v) is 3.48. The predicted octanol–water partition coefficient (Wildman–Crippen LogP) is 2.63. The Balaban J connectivity index is 2.13. The zero-order valence-electron chi connectivity index (χ0n) is 13.8. The van der Waals surface area contributed by atoms with E-state index in [2.05, 4.69) is 5.32 Å². The lowest BCUT2D eigenvalue weighted by atomic mass is 10.1. The number of aliphatic hydroxyl groups excluding tert-OH is 1. The molecule has 1 aliphatic rings. The molecule has 1 unspecified atom stereocenters. The van der Waals surface area contributed by atoms with Gasteiger partial charge in [-0.1, -0.05) is 12.1 Å². The quantitative estimate of drug-likeness (QED) is 0.878. The molecular weight excluding hydrogens is 296 g/mol. The largest absolute Gasteiger partial charge is 0.444 e. The second-order valence-electron chi connectivity index (χ2n) is 6.72. The number of nitrogens with one attached hydrogen (secondary N) is 1. The Hall–Kier alpha value is -2.08. The van der Waals surface area contributed by atoms with Crippen molar-refractivity contribution in [1.29, 1.82) is 0 Å². The predicted molar refractivity (Wildman–Crippen MR) is 87.4 cm³/mol. The zero-order valence-corrected chi connectivity index (χ0v) is 13.8. The van der Waals surface area contributed by atoms with Crippen LogP contribution in [-0.2, 0) is 4.74 Å². The van der Waals surface area contributed by atoms with E-state index < -0.39 is 17.8 Å². The van der Waals surface area contributed by atoms with Crippen LogP contribution in [0.1, 0.15) is 44.0 Å². The summed E-state index contributed by atoms with van der Waals surface area (Å²) in [6.45, 7) is 6.26. The molecule has 1 saturated heterocycles. The molecule has 1 atom stereocenters. The van der Waals surface area contributed by atoms with Crippen LogP contribution in [-0.4, -0.2) is 46.8 Å². The van der Waals surface area contributed by atoms with E-state index in [-0.39, 0.29) is 5.91 Å². The number of rotatable bonds is 2.